The number of hydrogen-bond acceptors (Lipinski definition) is 12. The molecule has 0 radical (unpaired) electrons. The highest BCUT2D eigenvalue weighted by molar-refractivity contribution is 7.61. The molecule has 3 heterocycles. The first-order chi connectivity index (χ1) is 13.0. The van der Waals surface area contributed by atoms with Crippen molar-refractivity contribution in [2.24, 2.45) is 0 Å². The van der Waals surface area contributed by atoms with Crippen LogP contribution in [0.1, 0.15) is 6.23 Å². The normalized spacial score (nSPS) is 29.6. The van der Waals surface area contributed by atoms with Crippen molar-refractivity contribution in [1.29, 1.82) is 0 Å². The lowest BCUT2D eigenvalue weighted by Gasteiger charge is -2.18. The third-order valence-electron chi connectivity index (χ3n) is 3.84. The van der Waals surface area contributed by atoms with Crippen LogP contribution in [0.3, 0.4) is 0 Å². The lowest BCUT2D eigenvalue weighted by Crippen LogP contribution is -2.33. The Morgan fingerprint density at radius 2 is 1.93 bits per heavy atom. The molecule has 2 aromatic rings. The summed E-state index contributed by atoms with van der Waals surface area (Å²) < 4.78 is 42.3. The van der Waals surface area contributed by atoms with Gasteiger partial charge in [-0.15, -0.1) is 0 Å². The van der Waals surface area contributed by atoms with Gasteiger partial charge >= 0.3 is 15.6 Å². The molecule has 2 aromatic heterocycles. The molecule has 0 saturated carbocycles. The van der Waals surface area contributed by atoms with Crippen molar-refractivity contribution in [3.8, 4) is 0 Å². The molecule has 28 heavy (non-hydrogen) atoms. The van der Waals surface area contributed by atoms with E-state index in [1.165, 1.54) is 17.2 Å². The van der Waals surface area contributed by atoms with Crippen LogP contribution < -0.4 is 5.73 Å². The lowest BCUT2D eigenvalue weighted by atomic mass is 10.1. The molecule has 0 amide bonds. The SMILES string of the molecule is COP(=O)(O)OP(=O)(O)OCC1OC(n2cnc3c(N)ncnc32)C(O)C1O. The molecular formula is C11H17N5O10P2. The third kappa shape index (κ3) is 4.23. The Bertz CT molecular complexity index is 955. The van der Waals surface area contributed by atoms with Crippen LogP contribution >= 0.6 is 15.6 Å². The van der Waals surface area contributed by atoms with E-state index in [0.717, 1.165) is 7.11 Å². The number of phosphoric ester groups is 2. The number of nitrogen functional groups attached to an aromatic ring is 1. The summed E-state index contributed by atoms with van der Waals surface area (Å²) in [6.45, 7) is -0.754. The highest BCUT2D eigenvalue weighted by atomic mass is 31.3. The minimum Gasteiger partial charge on any atom is -0.387 e. The number of hydrogen-bond donors (Lipinski definition) is 5. The first-order valence-corrected chi connectivity index (χ1v) is 10.6. The number of aliphatic hydroxyl groups excluding tert-OH is 2. The minimum atomic E-state index is -5.02. The van der Waals surface area contributed by atoms with Crippen LogP contribution in [0.4, 0.5) is 5.82 Å². The number of fused-ring (bicyclic) bond motifs is 1. The van der Waals surface area contributed by atoms with Gasteiger partial charge in [0, 0.05) is 7.11 Å². The third-order valence-corrected chi connectivity index (χ3v) is 6.43. The number of nitrogens with two attached hydrogens (primary N) is 1. The molecule has 3 rings (SSSR count). The fourth-order valence-electron chi connectivity index (χ4n) is 2.51. The Morgan fingerprint density at radius 1 is 1.21 bits per heavy atom. The summed E-state index contributed by atoms with van der Waals surface area (Å²) >= 11 is 0. The maximum absolute atomic E-state index is 11.7. The van der Waals surface area contributed by atoms with Gasteiger partial charge in [-0.25, -0.2) is 24.1 Å². The summed E-state index contributed by atoms with van der Waals surface area (Å²) in [6, 6.07) is 0. The quantitative estimate of drug-likeness (QED) is 0.322. The smallest absolute Gasteiger partial charge is 0.387 e. The van der Waals surface area contributed by atoms with E-state index in [9.17, 15) is 24.2 Å². The molecular weight excluding hydrogens is 424 g/mol. The van der Waals surface area contributed by atoms with Crippen molar-refractivity contribution >= 4 is 32.6 Å². The van der Waals surface area contributed by atoms with Crippen molar-refractivity contribution < 1.29 is 47.2 Å². The molecule has 6 atom stereocenters. The predicted octanol–water partition coefficient (Wildman–Crippen LogP) is -1.09. The summed E-state index contributed by atoms with van der Waals surface area (Å²) in [5.41, 5.74) is 6.16. The Balaban J connectivity index is 1.73. The van der Waals surface area contributed by atoms with Crippen LogP contribution in [-0.4, -0.2) is 71.5 Å². The van der Waals surface area contributed by atoms with E-state index in [-0.39, 0.29) is 17.0 Å². The molecule has 156 valence electrons. The van der Waals surface area contributed by atoms with Gasteiger partial charge in [0.25, 0.3) is 0 Å². The van der Waals surface area contributed by atoms with Crippen molar-refractivity contribution in [3.63, 3.8) is 0 Å². The molecule has 1 saturated heterocycles. The van der Waals surface area contributed by atoms with Gasteiger partial charge in [0.2, 0.25) is 0 Å². The fourth-order valence-corrected chi connectivity index (χ4v) is 4.34. The zero-order valence-electron chi connectivity index (χ0n) is 14.2. The summed E-state index contributed by atoms with van der Waals surface area (Å²) in [5, 5.41) is 20.4. The Hall–Kier alpha value is -1.51. The largest absolute Gasteiger partial charge is 0.481 e. The molecule has 0 bridgehead atoms. The van der Waals surface area contributed by atoms with Crippen LogP contribution in [0.2, 0.25) is 0 Å². The first-order valence-electron chi connectivity index (χ1n) is 7.56. The Kier molecular flexibility index (Phi) is 5.85. The van der Waals surface area contributed by atoms with Gasteiger partial charge < -0.3 is 30.5 Å². The van der Waals surface area contributed by atoms with Gasteiger partial charge in [0.05, 0.1) is 12.9 Å². The summed E-state index contributed by atoms with van der Waals surface area (Å²) in [6.07, 6.45) is -3.04. The monoisotopic (exact) mass is 441 g/mol. The standard InChI is InChI=1S/C11H17N5O10P2/c1-23-27(19,20)26-28(21,22)24-2-5-7(17)8(18)11(25-5)16-4-15-6-9(12)13-3-14-10(6)16/h3-5,7-8,11,17-18H,2H2,1H3,(H,19,20)(H,21,22)(H2,12,13,14). The van der Waals surface area contributed by atoms with E-state index < -0.39 is 46.8 Å². The first kappa shape index (κ1) is 21.2. The molecule has 0 aliphatic carbocycles. The van der Waals surface area contributed by atoms with Gasteiger partial charge in [0.15, 0.2) is 17.7 Å². The van der Waals surface area contributed by atoms with Gasteiger partial charge in [0.1, 0.15) is 30.2 Å². The molecule has 15 nitrogen and oxygen atoms in total. The second-order valence-corrected chi connectivity index (χ2v) is 8.78. The summed E-state index contributed by atoms with van der Waals surface area (Å²) in [7, 11) is -9.03. The van der Waals surface area contributed by atoms with Crippen LogP contribution in [0.25, 0.3) is 11.2 Å². The van der Waals surface area contributed by atoms with E-state index in [1.54, 1.807) is 0 Å². The second-order valence-electron chi connectivity index (χ2n) is 5.63. The van der Waals surface area contributed by atoms with Crippen molar-refractivity contribution in [3.05, 3.63) is 12.7 Å². The number of rotatable bonds is 7. The highest BCUT2D eigenvalue weighted by Crippen LogP contribution is 2.60. The van der Waals surface area contributed by atoms with Crippen molar-refractivity contribution in [2.75, 3.05) is 19.5 Å². The molecule has 6 N–H and O–H groups in total. The van der Waals surface area contributed by atoms with E-state index in [1.807, 2.05) is 0 Å². The van der Waals surface area contributed by atoms with Crippen LogP contribution in [0.5, 0.6) is 0 Å². The average molecular weight is 441 g/mol. The molecule has 0 aromatic carbocycles. The topological polar surface area (TPSA) is 222 Å². The number of nitrogens with zero attached hydrogens (tertiary/aromatic N) is 4. The number of ether oxygens (including phenoxy) is 1. The fraction of sp³-hybridized carbons (Fsp3) is 0.545. The maximum atomic E-state index is 11.7. The van der Waals surface area contributed by atoms with E-state index in [4.69, 9.17) is 15.4 Å². The minimum absolute atomic E-state index is 0.0987. The van der Waals surface area contributed by atoms with Gasteiger partial charge in [-0.05, 0) is 0 Å². The maximum Gasteiger partial charge on any atom is 0.481 e. The molecule has 6 unspecified atom stereocenters. The highest BCUT2D eigenvalue weighted by Gasteiger charge is 2.46. The van der Waals surface area contributed by atoms with Gasteiger partial charge in [-0.1, -0.05) is 0 Å². The zero-order chi connectivity index (χ0) is 20.7. The average Bonchev–Trinajstić information content (AvgIpc) is 3.16. The van der Waals surface area contributed by atoms with Crippen LogP contribution in [-0.2, 0) is 27.2 Å². The van der Waals surface area contributed by atoms with Gasteiger partial charge in [-0.2, -0.15) is 4.31 Å². The van der Waals surface area contributed by atoms with Crippen molar-refractivity contribution in [1.82, 2.24) is 19.5 Å². The summed E-state index contributed by atoms with van der Waals surface area (Å²) in [4.78, 5) is 30.3. The van der Waals surface area contributed by atoms with Crippen molar-refractivity contribution in [2.45, 2.75) is 24.5 Å². The number of aromatic nitrogens is 4. The number of aliphatic hydroxyl groups is 2. The number of imidazole rings is 1. The van der Waals surface area contributed by atoms with E-state index >= 15 is 0 Å². The zero-order valence-corrected chi connectivity index (χ0v) is 16.0. The lowest BCUT2D eigenvalue weighted by molar-refractivity contribution is -0.0503. The molecule has 1 aliphatic rings. The molecule has 1 aliphatic heterocycles. The Labute approximate surface area is 156 Å². The van der Waals surface area contributed by atoms with E-state index in [0.29, 0.717) is 0 Å². The van der Waals surface area contributed by atoms with Gasteiger partial charge in [-0.3, -0.25) is 13.6 Å². The molecule has 0 spiro atoms. The Morgan fingerprint density at radius 3 is 2.61 bits per heavy atom. The number of phosphoric acid groups is 2. The molecule has 1 fully saturated rings. The number of anilines is 1. The molecule has 17 heteroatoms. The predicted molar refractivity (Wildman–Crippen MR) is 89.4 cm³/mol. The van der Waals surface area contributed by atoms with Crippen LogP contribution in [0.15, 0.2) is 12.7 Å². The second kappa shape index (κ2) is 7.72. The summed E-state index contributed by atoms with van der Waals surface area (Å²) in [5.74, 6) is 0.0987. The van der Waals surface area contributed by atoms with Crippen LogP contribution in [0, 0.1) is 0 Å². The van der Waals surface area contributed by atoms with E-state index in [2.05, 4.69) is 28.3 Å².